The number of ether oxygens (including phenoxy) is 1. The summed E-state index contributed by atoms with van der Waals surface area (Å²) in [7, 11) is 0. The van der Waals surface area contributed by atoms with E-state index < -0.39 is 24.6 Å². The van der Waals surface area contributed by atoms with Crippen LogP contribution in [0.2, 0.25) is 0 Å². The number of benzene rings is 1. The maximum atomic E-state index is 15.5. The van der Waals surface area contributed by atoms with Gasteiger partial charge in [-0.25, -0.2) is 4.39 Å². The lowest BCUT2D eigenvalue weighted by molar-refractivity contribution is -0.221. The Morgan fingerprint density at radius 1 is 1.18 bits per heavy atom. The van der Waals surface area contributed by atoms with Gasteiger partial charge in [0.2, 0.25) is 5.91 Å². The van der Waals surface area contributed by atoms with Crippen LogP contribution in [-0.2, 0) is 16.1 Å². The molecule has 1 saturated carbocycles. The second kappa shape index (κ2) is 9.29. The molecule has 1 aromatic heterocycles. The van der Waals surface area contributed by atoms with E-state index in [0.717, 1.165) is 24.2 Å². The number of alkyl halides is 3. The molecule has 5 nitrogen and oxygen atoms in total. The van der Waals surface area contributed by atoms with Crippen LogP contribution in [0.5, 0.6) is 0 Å². The Morgan fingerprint density at radius 3 is 2.52 bits per heavy atom. The normalized spacial score (nSPS) is 19.0. The van der Waals surface area contributed by atoms with Crippen LogP contribution >= 0.6 is 0 Å². The molecule has 0 unspecified atom stereocenters. The number of hydrogen-bond acceptors (Lipinski definition) is 4. The van der Waals surface area contributed by atoms with Crippen molar-refractivity contribution in [3.05, 3.63) is 47.0 Å². The predicted molar refractivity (Wildman–Crippen MR) is 116 cm³/mol. The maximum Gasteiger partial charge on any atom is 0.416 e. The van der Waals surface area contributed by atoms with Crippen LogP contribution in [0.1, 0.15) is 36.2 Å². The minimum Gasteiger partial charge on any atom is -0.366 e. The number of aromatic nitrogens is 1. The molecule has 2 fully saturated rings. The van der Waals surface area contributed by atoms with E-state index in [0.29, 0.717) is 34.7 Å². The number of rotatable bonds is 6. The van der Waals surface area contributed by atoms with Crippen molar-refractivity contribution in [3.63, 3.8) is 0 Å². The second-order valence-corrected chi connectivity index (χ2v) is 8.87. The topological polar surface area (TPSA) is 54.5 Å². The molecule has 2 heterocycles. The van der Waals surface area contributed by atoms with Crippen molar-refractivity contribution in [1.29, 1.82) is 0 Å². The SMILES string of the molecule is Cc1cc(-c2c(F)cc(N3CCO[C@H](C(F)(F)F)C3)cc2CNC(=O)CC2CC2)cc(C)n1. The third-order valence-electron chi connectivity index (χ3n) is 5.97. The van der Waals surface area contributed by atoms with Gasteiger partial charge in [-0.3, -0.25) is 9.78 Å². The van der Waals surface area contributed by atoms with Gasteiger partial charge in [-0.15, -0.1) is 0 Å². The van der Waals surface area contributed by atoms with Crippen LogP contribution in [0.25, 0.3) is 11.1 Å². The van der Waals surface area contributed by atoms with Crippen molar-refractivity contribution in [2.24, 2.45) is 5.92 Å². The summed E-state index contributed by atoms with van der Waals surface area (Å²) in [5.41, 5.74) is 3.22. The lowest BCUT2D eigenvalue weighted by Crippen LogP contribution is -2.49. The number of morpholine rings is 1. The minimum atomic E-state index is -4.50. The number of aryl methyl sites for hydroxylation is 2. The zero-order valence-corrected chi connectivity index (χ0v) is 18.6. The van der Waals surface area contributed by atoms with Crippen LogP contribution in [0.15, 0.2) is 24.3 Å². The lowest BCUT2D eigenvalue weighted by atomic mass is 9.97. The first-order valence-corrected chi connectivity index (χ1v) is 11.1. The molecule has 4 rings (SSSR count). The first-order valence-electron chi connectivity index (χ1n) is 11.1. The Balaban J connectivity index is 1.67. The standard InChI is InChI=1S/C24H27F4N3O2/c1-14-7-17(8-15(2)30-14)23-18(12-29-22(32)9-16-3-4-16)10-19(11-20(23)25)31-5-6-33-21(13-31)24(26,27)28/h7-8,10-11,16,21H,3-6,9,12-13H2,1-2H3,(H,29,32)/t21-/m0/s1. The van der Waals surface area contributed by atoms with Crippen molar-refractivity contribution < 1.29 is 27.1 Å². The molecule has 2 aromatic rings. The van der Waals surface area contributed by atoms with Gasteiger partial charge < -0.3 is 15.0 Å². The van der Waals surface area contributed by atoms with E-state index in [2.05, 4.69) is 10.3 Å². The molecule has 1 N–H and O–H groups in total. The second-order valence-electron chi connectivity index (χ2n) is 8.87. The quantitative estimate of drug-likeness (QED) is 0.629. The van der Waals surface area contributed by atoms with Crippen LogP contribution < -0.4 is 10.2 Å². The van der Waals surface area contributed by atoms with Crippen LogP contribution in [-0.4, -0.2) is 42.9 Å². The first-order chi connectivity index (χ1) is 15.6. The highest BCUT2D eigenvalue weighted by molar-refractivity contribution is 5.78. The molecule has 1 atom stereocenters. The van der Waals surface area contributed by atoms with E-state index in [9.17, 15) is 18.0 Å². The van der Waals surface area contributed by atoms with E-state index in [4.69, 9.17) is 4.74 Å². The van der Waals surface area contributed by atoms with Gasteiger partial charge >= 0.3 is 6.18 Å². The number of pyridine rings is 1. The summed E-state index contributed by atoms with van der Waals surface area (Å²) in [6.45, 7) is 3.40. The Labute approximate surface area is 190 Å². The Kier molecular flexibility index (Phi) is 6.61. The number of hydrogen-bond donors (Lipinski definition) is 1. The van der Waals surface area contributed by atoms with Crippen molar-refractivity contribution in [3.8, 4) is 11.1 Å². The minimum absolute atomic E-state index is 0.0824. The predicted octanol–water partition coefficient (Wildman–Crippen LogP) is 4.69. The monoisotopic (exact) mass is 465 g/mol. The van der Waals surface area contributed by atoms with Gasteiger partial charge in [-0.2, -0.15) is 13.2 Å². The largest absolute Gasteiger partial charge is 0.416 e. The number of carbonyl (C=O) groups excluding carboxylic acids is 1. The molecule has 1 aliphatic heterocycles. The van der Waals surface area contributed by atoms with E-state index >= 15 is 4.39 Å². The first kappa shape index (κ1) is 23.5. The Bertz CT molecular complexity index is 1020. The molecule has 33 heavy (non-hydrogen) atoms. The number of anilines is 1. The highest BCUT2D eigenvalue weighted by Crippen LogP contribution is 2.35. The van der Waals surface area contributed by atoms with Gasteiger partial charge in [0.1, 0.15) is 5.82 Å². The van der Waals surface area contributed by atoms with E-state index in [1.807, 2.05) is 13.8 Å². The van der Waals surface area contributed by atoms with Crippen molar-refractivity contribution in [1.82, 2.24) is 10.3 Å². The summed E-state index contributed by atoms with van der Waals surface area (Å²) >= 11 is 0. The fraction of sp³-hybridized carbons (Fsp3) is 0.500. The number of amides is 1. The van der Waals surface area contributed by atoms with Gasteiger partial charge in [0.25, 0.3) is 0 Å². The molecular weight excluding hydrogens is 438 g/mol. The average Bonchev–Trinajstić information content (AvgIpc) is 3.54. The smallest absolute Gasteiger partial charge is 0.366 e. The van der Waals surface area contributed by atoms with Gasteiger partial charge in [-0.1, -0.05) is 0 Å². The van der Waals surface area contributed by atoms with Crippen molar-refractivity contribution in [2.45, 2.75) is 51.9 Å². The molecule has 0 spiro atoms. The summed E-state index contributed by atoms with van der Waals surface area (Å²) in [5, 5.41) is 2.86. The van der Waals surface area contributed by atoms with Crippen molar-refractivity contribution >= 4 is 11.6 Å². The maximum absolute atomic E-state index is 15.5. The third-order valence-corrected chi connectivity index (χ3v) is 5.97. The number of nitrogens with one attached hydrogen (secondary N) is 1. The molecule has 9 heteroatoms. The summed E-state index contributed by atoms with van der Waals surface area (Å²) in [6.07, 6.45) is -3.92. The summed E-state index contributed by atoms with van der Waals surface area (Å²) < 4.78 is 59.9. The van der Waals surface area contributed by atoms with E-state index in [-0.39, 0.29) is 25.6 Å². The van der Waals surface area contributed by atoms with Gasteiger partial charge in [0, 0.05) is 42.1 Å². The summed E-state index contributed by atoms with van der Waals surface area (Å²) in [6, 6.07) is 6.44. The Morgan fingerprint density at radius 2 is 1.88 bits per heavy atom. The fourth-order valence-corrected chi connectivity index (χ4v) is 4.20. The number of carbonyl (C=O) groups is 1. The van der Waals surface area contributed by atoms with Gasteiger partial charge in [-0.05, 0) is 68.0 Å². The van der Waals surface area contributed by atoms with Gasteiger partial charge in [0.15, 0.2) is 6.10 Å². The van der Waals surface area contributed by atoms with E-state index in [1.165, 1.54) is 11.0 Å². The molecule has 1 amide bonds. The zero-order chi connectivity index (χ0) is 23.8. The molecule has 1 saturated heterocycles. The van der Waals surface area contributed by atoms with Crippen LogP contribution in [0.4, 0.5) is 23.2 Å². The van der Waals surface area contributed by atoms with Crippen LogP contribution in [0, 0.1) is 25.6 Å². The molecule has 178 valence electrons. The van der Waals surface area contributed by atoms with E-state index in [1.54, 1.807) is 18.2 Å². The molecule has 1 aliphatic carbocycles. The molecule has 2 aliphatic rings. The summed E-state index contributed by atoms with van der Waals surface area (Å²) in [5.74, 6) is -0.260. The number of nitrogens with zero attached hydrogens (tertiary/aromatic N) is 2. The highest BCUT2D eigenvalue weighted by Gasteiger charge is 2.43. The molecule has 1 aromatic carbocycles. The third kappa shape index (κ3) is 5.82. The summed E-state index contributed by atoms with van der Waals surface area (Å²) in [4.78, 5) is 18.1. The highest BCUT2D eigenvalue weighted by atomic mass is 19.4. The average molecular weight is 465 g/mol. The van der Waals surface area contributed by atoms with Crippen molar-refractivity contribution in [2.75, 3.05) is 24.6 Å². The molecule has 0 bridgehead atoms. The lowest BCUT2D eigenvalue weighted by Gasteiger charge is -2.35. The fourth-order valence-electron chi connectivity index (χ4n) is 4.20. The molecule has 0 radical (unpaired) electrons. The zero-order valence-electron chi connectivity index (χ0n) is 18.6. The number of halogens is 4. The Hall–Kier alpha value is -2.68. The van der Waals surface area contributed by atoms with Gasteiger partial charge in [0.05, 0.1) is 13.2 Å². The van der Waals surface area contributed by atoms with Crippen LogP contribution in [0.3, 0.4) is 0 Å². The molecular formula is C24H27F4N3O2.